The van der Waals surface area contributed by atoms with Gasteiger partial charge in [0.05, 0.1) is 6.04 Å². The largest absolute Gasteiger partial charge is 0.480 e. The van der Waals surface area contributed by atoms with Crippen LogP contribution in [0.15, 0.2) is 30.5 Å². The summed E-state index contributed by atoms with van der Waals surface area (Å²) in [6, 6.07) is 5.34. The van der Waals surface area contributed by atoms with Crippen LogP contribution in [0.25, 0.3) is 10.9 Å². The molecule has 1 saturated heterocycles. The first-order chi connectivity index (χ1) is 12.9. The minimum absolute atomic E-state index is 0.291. The molecule has 0 spiro atoms. The first kappa shape index (κ1) is 18.9. The average molecular weight is 372 g/mol. The number of carbonyl (C=O) groups excluding carboxylic acids is 2. The number of aliphatic carboxylic acids is 1. The number of carbonyl (C=O) groups is 3. The number of carboxylic acids is 1. The van der Waals surface area contributed by atoms with E-state index in [2.05, 4.69) is 10.3 Å². The van der Waals surface area contributed by atoms with Gasteiger partial charge < -0.3 is 26.0 Å². The molecule has 0 aliphatic carbocycles. The van der Waals surface area contributed by atoms with Gasteiger partial charge in [-0.05, 0) is 37.8 Å². The van der Waals surface area contributed by atoms with E-state index in [-0.39, 0.29) is 5.91 Å². The number of likely N-dealkylation sites (tertiary alicyclic amines) is 1. The van der Waals surface area contributed by atoms with E-state index in [9.17, 15) is 14.4 Å². The molecule has 3 atom stereocenters. The van der Waals surface area contributed by atoms with Crippen LogP contribution in [-0.4, -0.2) is 57.4 Å². The Morgan fingerprint density at radius 2 is 2.11 bits per heavy atom. The first-order valence-electron chi connectivity index (χ1n) is 9.02. The van der Waals surface area contributed by atoms with Gasteiger partial charge in [0.1, 0.15) is 12.1 Å². The molecule has 3 rings (SSSR count). The summed E-state index contributed by atoms with van der Waals surface area (Å²) in [7, 11) is 0. The van der Waals surface area contributed by atoms with Crippen LogP contribution < -0.4 is 11.1 Å². The zero-order chi connectivity index (χ0) is 19.6. The Morgan fingerprint density at radius 3 is 2.85 bits per heavy atom. The van der Waals surface area contributed by atoms with Gasteiger partial charge in [0.15, 0.2) is 0 Å². The van der Waals surface area contributed by atoms with Crippen molar-refractivity contribution in [2.75, 3.05) is 6.54 Å². The van der Waals surface area contributed by atoms with E-state index in [4.69, 9.17) is 10.8 Å². The molecule has 1 aromatic carbocycles. The minimum atomic E-state index is -1.12. The van der Waals surface area contributed by atoms with E-state index in [0.29, 0.717) is 25.8 Å². The Morgan fingerprint density at radius 1 is 1.37 bits per heavy atom. The van der Waals surface area contributed by atoms with Crippen molar-refractivity contribution in [1.82, 2.24) is 15.2 Å². The predicted molar refractivity (Wildman–Crippen MR) is 100.0 cm³/mol. The van der Waals surface area contributed by atoms with Crippen LogP contribution in [0.1, 0.15) is 25.3 Å². The molecule has 0 bridgehead atoms. The van der Waals surface area contributed by atoms with Gasteiger partial charge in [-0.3, -0.25) is 14.4 Å². The second-order valence-electron chi connectivity index (χ2n) is 6.93. The SMILES string of the molecule is C[C@H](NC(=O)[C@@H]1CCCN1C(=O)[C@@H](N)Cc1c[nH]c2ccccc12)C(=O)O. The molecule has 2 aromatic rings. The number of nitrogens with one attached hydrogen (secondary N) is 2. The lowest BCUT2D eigenvalue weighted by atomic mass is 10.0. The van der Waals surface area contributed by atoms with E-state index in [1.54, 1.807) is 0 Å². The quantitative estimate of drug-likeness (QED) is 0.591. The monoisotopic (exact) mass is 372 g/mol. The van der Waals surface area contributed by atoms with Gasteiger partial charge in [0.25, 0.3) is 0 Å². The highest BCUT2D eigenvalue weighted by molar-refractivity contribution is 5.92. The Bertz CT molecular complexity index is 862. The lowest BCUT2D eigenvalue weighted by Gasteiger charge is -2.27. The molecule has 0 radical (unpaired) electrons. The number of fused-ring (bicyclic) bond motifs is 1. The van der Waals surface area contributed by atoms with Crippen molar-refractivity contribution in [3.63, 3.8) is 0 Å². The minimum Gasteiger partial charge on any atom is -0.480 e. The molecular weight excluding hydrogens is 348 g/mol. The number of para-hydroxylation sites is 1. The summed E-state index contributed by atoms with van der Waals surface area (Å²) in [6.45, 7) is 1.84. The standard InChI is InChI=1S/C19H24N4O4/c1-11(19(26)27)22-17(24)16-7-4-8-23(16)18(25)14(20)9-12-10-21-15-6-3-2-5-13(12)15/h2-3,5-6,10-11,14,16,21H,4,7-9,20H2,1H3,(H,22,24)(H,26,27)/t11-,14-,16-/m0/s1. The van der Waals surface area contributed by atoms with Gasteiger partial charge in [-0.1, -0.05) is 18.2 Å². The Hall–Kier alpha value is -2.87. The van der Waals surface area contributed by atoms with Crippen LogP contribution in [0.5, 0.6) is 0 Å². The molecule has 144 valence electrons. The topological polar surface area (TPSA) is 129 Å². The maximum absolute atomic E-state index is 12.8. The third-order valence-electron chi connectivity index (χ3n) is 5.00. The number of amides is 2. The van der Waals surface area contributed by atoms with Gasteiger partial charge in [-0.25, -0.2) is 0 Å². The van der Waals surface area contributed by atoms with Crippen LogP contribution in [0.3, 0.4) is 0 Å². The molecule has 8 nitrogen and oxygen atoms in total. The number of benzene rings is 1. The molecule has 1 fully saturated rings. The molecule has 2 heterocycles. The summed E-state index contributed by atoms with van der Waals surface area (Å²) in [4.78, 5) is 40.8. The second-order valence-corrected chi connectivity index (χ2v) is 6.93. The van der Waals surface area contributed by atoms with Crippen molar-refractivity contribution in [3.8, 4) is 0 Å². The van der Waals surface area contributed by atoms with Crippen LogP contribution in [0.2, 0.25) is 0 Å². The number of nitrogens with two attached hydrogens (primary N) is 1. The summed E-state index contributed by atoms with van der Waals surface area (Å²) >= 11 is 0. The Kier molecular flexibility index (Phi) is 5.46. The lowest BCUT2D eigenvalue weighted by Crippen LogP contribution is -2.53. The van der Waals surface area contributed by atoms with Crippen LogP contribution in [0.4, 0.5) is 0 Å². The van der Waals surface area contributed by atoms with Gasteiger partial charge in [-0.2, -0.15) is 0 Å². The lowest BCUT2D eigenvalue weighted by molar-refractivity contribution is -0.143. The van der Waals surface area contributed by atoms with Crippen molar-refractivity contribution in [3.05, 3.63) is 36.0 Å². The number of hydrogen-bond donors (Lipinski definition) is 4. The summed E-state index contributed by atoms with van der Waals surface area (Å²) in [5.41, 5.74) is 8.09. The van der Waals surface area contributed by atoms with E-state index in [0.717, 1.165) is 16.5 Å². The van der Waals surface area contributed by atoms with Gasteiger partial charge in [-0.15, -0.1) is 0 Å². The van der Waals surface area contributed by atoms with E-state index >= 15 is 0 Å². The normalized spacial score (nSPS) is 19.0. The molecule has 8 heteroatoms. The highest BCUT2D eigenvalue weighted by Gasteiger charge is 2.37. The van der Waals surface area contributed by atoms with E-state index in [1.807, 2.05) is 30.5 Å². The van der Waals surface area contributed by atoms with E-state index in [1.165, 1.54) is 11.8 Å². The fourth-order valence-corrected chi connectivity index (χ4v) is 3.51. The summed E-state index contributed by atoms with van der Waals surface area (Å²) in [5.74, 6) is -1.86. The maximum Gasteiger partial charge on any atom is 0.325 e. The van der Waals surface area contributed by atoms with Crippen LogP contribution >= 0.6 is 0 Å². The Labute approximate surface area is 156 Å². The summed E-state index contributed by atoms with van der Waals surface area (Å²) < 4.78 is 0. The molecule has 1 aliphatic heterocycles. The highest BCUT2D eigenvalue weighted by atomic mass is 16.4. The number of carboxylic acid groups (broad SMARTS) is 1. The van der Waals surface area contributed by atoms with Crippen molar-refractivity contribution < 1.29 is 19.5 Å². The number of aromatic amines is 1. The second kappa shape index (κ2) is 7.79. The smallest absolute Gasteiger partial charge is 0.325 e. The third kappa shape index (κ3) is 3.95. The zero-order valence-electron chi connectivity index (χ0n) is 15.1. The van der Waals surface area contributed by atoms with Crippen LogP contribution in [0, 0.1) is 0 Å². The molecule has 1 aromatic heterocycles. The third-order valence-corrected chi connectivity index (χ3v) is 5.00. The molecular formula is C19H24N4O4. The number of nitrogens with zero attached hydrogens (tertiary/aromatic N) is 1. The molecule has 5 N–H and O–H groups in total. The molecule has 27 heavy (non-hydrogen) atoms. The van der Waals surface area contributed by atoms with Crippen molar-refractivity contribution in [2.24, 2.45) is 5.73 Å². The summed E-state index contributed by atoms with van der Waals surface area (Å²) in [6.07, 6.45) is 3.40. The zero-order valence-corrected chi connectivity index (χ0v) is 15.1. The average Bonchev–Trinajstić information content (AvgIpc) is 3.28. The fourth-order valence-electron chi connectivity index (χ4n) is 3.51. The van der Waals surface area contributed by atoms with Crippen LogP contribution in [-0.2, 0) is 20.8 Å². The fraction of sp³-hybridized carbons (Fsp3) is 0.421. The number of hydrogen-bond acceptors (Lipinski definition) is 4. The number of rotatable bonds is 6. The van der Waals surface area contributed by atoms with E-state index < -0.39 is 30.0 Å². The molecule has 0 unspecified atom stereocenters. The maximum atomic E-state index is 12.8. The summed E-state index contributed by atoms with van der Waals surface area (Å²) in [5, 5.41) is 12.4. The Balaban J connectivity index is 1.68. The molecule has 2 amide bonds. The molecule has 0 saturated carbocycles. The van der Waals surface area contributed by atoms with Crippen molar-refractivity contribution >= 4 is 28.7 Å². The van der Waals surface area contributed by atoms with Crippen molar-refractivity contribution in [1.29, 1.82) is 0 Å². The number of H-pyrrole nitrogens is 1. The predicted octanol–water partition coefficient (Wildman–Crippen LogP) is 0.618. The van der Waals surface area contributed by atoms with Gasteiger partial charge in [0.2, 0.25) is 11.8 Å². The first-order valence-corrected chi connectivity index (χ1v) is 9.02. The van der Waals surface area contributed by atoms with Gasteiger partial charge >= 0.3 is 5.97 Å². The highest BCUT2D eigenvalue weighted by Crippen LogP contribution is 2.22. The number of aromatic nitrogens is 1. The van der Waals surface area contributed by atoms with Crippen molar-refractivity contribution in [2.45, 2.75) is 44.3 Å². The van der Waals surface area contributed by atoms with Gasteiger partial charge in [0, 0.05) is 23.6 Å². The molecule has 1 aliphatic rings.